The molecular formula is C10H15N3S. The summed E-state index contributed by atoms with van der Waals surface area (Å²) >= 11 is 2.04. The Bertz CT molecular complexity index is 259. The number of rotatable bonds is 3. The molecule has 0 radical (unpaired) electrons. The van der Waals surface area contributed by atoms with Gasteiger partial charge >= 0.3 is 0 Å². The Labute approximate surface area is 88.7 Å². The van der Waals surface area contributed by atoms with E-state index in [-0.39, 0.29) is 0 Å². The average molecular weight is 209 g/mol. The SMILES string of the molecule is c1cnc(CNC2CCCSC2)cn1. The molecule has 0 aliphatic carbocycles. The predicted octanol–water partition coefficient (Wildman–Crippen LogP) is 1.46. The van der Waals surface area contributed by atoms with Crippen molar-refractivity contribution in [3.05, 3.63) is 24.3 Å². The van der Waals surface area contributed by atoms with E-state index in [9.17, 15) is 0 Å². The molecule has 1 saturated heterocycles. The smallest absolute Gasteiger partial charge is 0.0724 e. The Morgan fingerprint density at radius 3 is 3.21 bits per heavy atom. The molecule has 2 rings (SSSR count). The van der Waals surface area contributed by atoms with Crippen molar-refractivity contribution in [2.75, 3.05) is 11.5 Å². The lowest BCUT2D eigenvalue weighted by molar-refractivity contribution is 0.503. The van der Waals surface area contributed by atoms with Gasteiger partial charge in [-0.15, -0.1) is 0 Å². The Balaban J connectivity index is 1.76. The summed E-state index contributed by atoms with van der Waals surface area (Å²) in [5.41, 5.74) is 1.03. The van der Waals surface area contributed by atoms with Crippen LogP contribution in [-0.2, 0) is 6.54 Å². The van der Waals surface area contributed by atoms with E-state index in [1.165, 1.54) is 24.3 Å². The van der Waals surface area contributed by atoms with Gasteiger partial charge in [-0.3, -0.25) is 9.97 Å². The van der Waals surface area contributed by atoms with Gasteiger partial charge in [0.15, 0.2) is 0 Å². The van der Waals surface area contributed by atoms with Gasteiger partial charge in [0.1, 0.15) is 0 Å². The summed E-state index contributed by atoms with van der Waals surface area (Å²) in [6.45, 7) is 0.846. The monoisotopic (exact) mass is 209 g/mol. The van der Waals surface area contributed by atoms with Crippen LogP contribution in [0.5, 0.6) is 0 Å². The summed E-state index contributed by atoms with van der Waals surface area (Å²) < 4.78 is 0. The van der Waals surface area contributed by atoms with Crippen molar-refractivity contribution in [2.24, 2.45) is 0 Å². The fourth-order valence-corrected chi connectivity index (χ4v) is 2.68. The fourth-order valence-electron chi connectivity index (χ4n) is 1.57. The Morgan fingerprint density at radius 2 is 2.50 bits per heavy atom. The van der Waals surface area contributed by atoms with Crippen LogP contribution in [0.4, 0.5) is 0 Å². The van der Waals surface area contributed by atoms with Crippen molar-refractivity contribution in [3.8, 4) is 0 Å². The van der Waals surface area contributed by atoms with Gasteiger partial charge in [0, 0.05) is 36.9 Å². The molecule has 0 bridgehead atoms. The van der Waals surface area contributed by atoms with Crippen molar-refractivity contribution < 1.29 is 0 Å². The summed E-state index contributed by atoms with van der Waals surface area (Å²) in [7, 11) is 0. The third-order valence-corrected chi connectivity index (χ3v) is 3.56. The molecule has 1 unspecified atom stereocenters. The second kappa shape index (κ2) is 5.32. The summed E-state index contributed by atoms with van der Waals surface area (Å²) in [5, 5.41) is 3.51. The first-order valence-corrected chi connectivity index (χ1v) is 6.16. The maximum absolute atomic E-state index is 4.23. The zero-order chi connectivity index (χ0) is 9.64. The summed E-state index contributed by atoms with van der Waals surface area (Å²) in [4.78, 5) is 8.27. The molecule has 4 heteroatoms. The standard InChI is InChI=1S/C10H15N3S/c1-2-9(8-14-5-1)13-7-10-6-11-3-4-12-10/h3-4,6,9,13H,1-2,5,7-8H2. The van der Waals surface area contributed by atoms with Crippen molar-refractivity contribution in [1.29, 1.82) is 0 Å². The Kier molecular flexibility index (Phi) is 3.77. The largest absolute Gasteiger partial charge is 0.307 e. The second-order valence-electron chi connectivity index (χ2n) is 3.49. The van der Waals surface area contributed by atoms with Crippen LogP contribution < -0.4 is 5.32 Å². The van der Waals surface area contributed by atoms with Crippen molar-refractivity contribution in [1.82, 2.24) is 15.3 Å². The van der Waals surface area contributed by atoms with Crippen LogP contribution >= 0.6 is 11.8 Å². The number of thioether (sulfide) groups is 1. The Hall–Kier alpha value is -0.610. The maximum atomic E-state index is 4.23. The van der Waals surface area contributed by atoms with E-state index in [4.69, 9.17) is 0 Å². The normalized spacial score (nSPS) is 22.1. The molecule has 76 valence electrons. The van der Waals surface area contributed by atoms with Crippen LogP contribution in [0.1, 0.15) is 18.5 Å². The van der Waals surface area contributed by atoms with Gasteiger partial charge in [-0.2, -0.15) is 11.8 Å². The maximum Gasteiger partial charge on any atom is 0.0724 e. The number of hydrogen-bond donors (Lipinski definition) is 1. The topological polar surface area (TPSA) is 37.8 Å². The molecule has 3 nitrogen and oxygen atoms in total. The zero-order valence-electron chi connectivity index (χ0n) is 8.15. The lowest BCUT2D eigenvalue weighted by Crippen LogP contribution is -2.33. The molecule has 0 spiro atoms. The van der Waals surface area contributed by atoms with Crippen molar-refractivity contribution in [3.63, 3.8) is 0 Å². The van der Waals surface area contributed by atoms with E-state index >= 15 is 0 Å². The zero-order valence-corrected chi connectivity index (χ0v) is 8.96. The van der Waals surface area contributed by atoms with Crippen molar-refractivity contribution in [2.45, 2.75) is 25.4 Å². The minimum absolute atomic E-state index is 0.663. The van der Waals surface area contributed by atoms with Gasteiger partial charge in [0.25, 0.3) is 0 Å². The van der Waals surface area contributed by atoms with Gasteiger partial charge in [0.05, 0.1) is 5.69 Å². The average Bonchev–Trinajstić information content (AvgIpc) is 2.29. The molecule has 1 aromatic rings. The number of hydrogen-bond acceptors (Lipinski definition) is 4. The Morgan fingerprint density at radius 1 is 1.50 bits per heavy atom. The summed E-state index contributed by atoms with van der Waals surface area (Å²) in [6, 6.07) is 0.663. The highest BCUT2D eigenvalue weighted by molar-refractivity contribution is 7.99. The molecule has 1 fully saturated rings. The van der Waals surface area contributed by atoms with E-state index < -0.39 is 0 Å². The van der Waals surface area contributed by atoms with Crippen molar-refractivity contribution >= 4 is 11.8 Å². The molecule has 1 atom stereocenters. The lowest BCUT2D eigenvalue weighted by Gasteiger charge is -2.22. The van der Waals surface area contributed by atoms with Gasteiger partial charge in [-0.1, -0.05) is 0 Å². The first kappa shape index (κ1) is 9.93. The first-order chi connectivity index (χ1) is 6.95. The highest BCUT2D eigenvalue weighted by Crippen LogP contribution is 2.16. The van der Waals surface area contributed by atoms with Crippen LogP contribution in [0.25, 0.3) is 0 Å². The van der Waals surface area contributed by atoms with E-state index in [2.05, 4.69) is 15.3 Å². The number of aromatic nitrogens is 2. The minimum atomic E-state index is 0.663. The molecule has 0 saturated carbocycles. The van der Waals surface area contributed by atoms with E-state index in [0.717, 1.165) is 12.2 Å². The van der Waals surface area contributed by atoms with Crippen LogP contribution in [0.3, 0.4) is 0 Å². The second-order valence-corrected chi connectivity index (χ2v) is 4.64. The highest BCUT2D eigenvalue weighted by atomic mass is 32.2. The number of nitrogens with zero attached hydrogens (tertiary/aromatic N) is 2. The molecule has 2 heterocycles. The molecule has 0 aromatic carbocycles. The summed E-state index contributed by atoms with van der Waals surface area (Å²) in [5.74, 6) is 2.56. The summed E-state index contributed by atoms with van der Waals surface area (Å²) in [6.07, 6.45) is 7.91. The van der Waals surface area contributed by atoms with E-state index in [1.807, 2.05) is 18.0 Å². The van der Waals surface area contributed by atoms with Gasteiger partial charge in [0.2, 0.25) is 0 Å². The molecule has 1 N–H and O–H groups in total. The van der Waals surface area contributed by atoms with Crippen LogP contribution in [0.2, 0.25) is 0 Å². The molecule has 1 aliphatic rings. The van der Waals surface area contributed by atoms with Gasteiger partial charge in [-0.05, 0) is 18.6 Å². The molecule has 1 aliphatic heterocycles. The quantitative estimate of drug-likeness (QED) is 0.818. The third kappa shape index (κ3) is 2.96. The minimum Gasteiger partial charge on any atom is -0.307 e. The third-order valence-electron chi connectivity index (χ3n) is 2.35. The van der Waals surface area contributed by atoms with Crippen LogP contribution in [-0.4, -0.2) is 27.5 Å². The fraction of sp³-hybridized carbons (Fsp3) is 0.600. The van der Waals surface area contributed by atoms with Crippen LogP contribution in [0.15, 0.2) is 18.6 Å². The lowest BCUT2D eigenvalue weighted by atomic mass is 10.2. The highest BCUT2D eigenvalue weighted by Gasteiger charge is 2.12. The van der Waals surface area contributed by atoms with E-state index in [0.29, 0.717) is 6.04 Å². The molecule has 0 amide bonds. The van der Waals surface area contributed by atoms with E-state index in [1.54, 1.807) is 12.4 Å². The van der Waals surface area contributed by atoms with Gasteiger partial charge in [-0.25, -0.2) is 0 Å². The van der Waals surface area contributed by atoms with Crippen LogP contribution in [0, 0.1) is 0 Å². The number of nitrogens with one attached hydrogen (secondary N) is 1. The molecular weight excluding hydrogens is 194 g/mol. The first-order valence-electron chi connectivity index (χ1n) is 5.01. The molecule has 14 heavy (non-hydrogen) atoms. The molecule has 1 aromatic heterocycles. The predicted molar refractivity (Wildman–Crippen MR) is 59.2 cm³/mol. The van der Waals surface area contributed by atoms with Gasteiger partial charge < -0.3 is 5.32 Å².